The van der Waals surface area contributed by atoms with Gasteiger partial charge in [0.1, 0.15) is 17.6 Å². The Labute approximate surface area is 103 Å². The standard InChI is InChI=1S/C11H12N6O/c12-10-7(2-1-4-13-10)8-6-17(16-15-8)9-3-5-14-11(9)18/h1-2,4,6,9H,3,5H2,(H2,12,13)(H,14,18). The van der Waals surface area contributed by atoms with Crippen molar-refractivity contribution in [3.8, 4) is 11.3 Å². The Hall–Kier alpha value is -2.44. The minimum absolute atomic E-state index is 0.0226. The van der Waals surface area contributed by atoms with Crippen molar-refractivity contribution in [3.63, 3.8) is 0 Å². The number of carbonyl (C=O) groups excluding carboxylic acids is 1. The summed E-state index contributed by atoms with van der Waals surface area (Å²) >= 11 is 0. The lowest BCUT2D eigenvalue weighted by Crippen LogP contribution is -2.22. The molecule has 0 aliphatic carbocycles. The van der Waals surface area contributed by atoms with Crippen molar-refractivity contribution in [1.82, 2.24) is 25.3 Å². The van der Waals surface area contributed by atoms with Crippen LogP contribution in [0.5, 0.6) is 0 Å². The number of nitrogens with one attached hydrogen (secondary N) is 1. The third-order valence-electron chi connectivity index (χ3n) is 2.96. The lowest BCUT2D eigenvalue weighted by molar-refractivity contribution is -0.122. The molecule has 0 saturated carbocycles. The molecule has 3 rings (SSSR count). The van der Waals surface area contributed by atoms with Gasteiger partial charge in [-0.05, 0) is 18.6 Å². The number of hydrogen-bond acceptors (Lipinski definition) is 5. The van der Waals surface area contributed by atoms with Crippen molar-refractivity contribution in [3.05, 3.63) is 24.5 Å². The van der Waals surface area contributed by atoms with Crippen LogP contribution < -0.4 is 11.1 Å². The Morgan fingerprint density at radius 1 is 1.50 bits per heavy atom. The molecule has 1 unspecified atom stereocenters. The number of amides is 1. The molecule has 1 aliphatic heterocycles. The minimum Gasteiger partial charge on any atom is -0.383 e. The van der Waals surface area contributed by atoms with Gasteiger partial charge in [-0.2, -0.15) is 0 Å². The zero-order valence-electron chi connectivity index (χ0n) is 9.58. The number of carbonyl (C=O) groups is 1. The van der Waals surface area contributed by atoms with Gasteiger partial charge in [0.15, 0.2) is 0 Å². The molecule has 3 heterocycles. The van der Waals surface area contributed by atoms with Gasteiger partial charge < -0.3 is 11.1 Å². The Bertz CT molecular complexity index is 593. The van der Waals surface area contributed by atoms with Crippen LogP contribution >= 0.6 is 0 Å². The van der Waals surface area contributed by atoms with Crippen LogP contribution in [-0.2, 0) is 4.79 Å². The van der Waals surface area contributed by atoms with Gasteiger partial charge in [-0.25, -0.2) is 9.67 Å². The first-order chi connectivity index (χ1) is 8.75. The minimum atomic E-state index is -0.274. The maximum absolute atomic E-state index is 11.6. The molecule has 1 aliphatic rings. The molecule has 1 saturated heterocycles. The van der Waals surface area contributed by atoms with Crippen LogP contribution in [0.1, 0.15) is 12.5 Å². The van der Waals surface area contributed by atoms with Crippen LogP contribution in [0.2, 0.25) is 0 Å². The third-order valence-corrected chi connectivity index (χ3v) is 2.96. The predicted octanol–water partition coefficient (Wildman–Crippen LogP) is -0.0167. The number of anilines is 1. The number of nitrogens with two attached hydrogens (primary N) is 1. The van der Waals surface area contributed by atoms with E-state index in [0.29, 0.717) is 18.1 Å². The number of pyridine rings is 1. The first-order valence-corrected chi connectivity index (χ1v) is 5.66. The fourth-order valence-corrected chi connectivity index (χ4v) is 2.02. The zero-order valence-corrected chi connectivity index (χ0v) is 9.58. The van der Waals surface area contributed by atoms with Gasteiger partial charge in [-0.3, -0.25) is 4.79 Å². The van der Waals surface area contributed by atoms with Crippen molar-refractivity contribution in [1.29, 1.82) is 0 Å². The molecule has 3 N–H and O–H groups in total. The maximum Gasteiger partial charge on any atom is 0.245 e. The number of nitrogens with zero attached hydrogens (tertiary/aromatic N) is 4. The van der Waals surface area contributed by atoms with E-state index in [1.807, 2.05) is 6.07 Å². The number of hydrogen-bond donors (Lipinski definition) is 2. The average molecular weight is 244 g/mol. The van der Waals surface area contributed by atoms with E-state index in [1.165, 1.54) is 0 Å². The van der Waals surface area contributed by atoms with Crippen LogP contribution in [0.15, 0.2) is 24.5 Å². The summed E-state index contributed by atoms with van der Waals surface area (Å²) < 4.78 is 1.57. The quantitative estimate of drug-likeness (QED) is 0.773. The van der Waals surface area contributed by atoms with E-state index in [0.717, 1.165) is 12.0 Å². The molecule has 0 bridgehead atoms. The van der Waals surface area contributed by atoms with Crippen molar-refractivity contribution < 1.29 is 4.79 Å². The van der Waals surface area contributed by atoms with Gasteiger partial charge in [0.05, 0.1) is 6.20 Å². The molecule has 7 nitrogen and oxygen atoms in total. The maximum atomic E-state index is 11.6. The molecule has 1 amide bonds. The summed E-state index contributed by atoms with van der Waals surface area (Å²) in [6.45, 7) is 0.674. The van der Waals surface area contributed by atoms with E-state index in [4.69, 9.17) is 5.73 Å². The summed E-state index contributed by atoms with van der Waals surface area (Å²) in [5.41, 5.74) is 7.12. The van der Waals surface area contributed by atoms with E-state index in [9.17, 15) is 4.79 Å². The van der Waals surface area contributed by atoms with Crippen LogP contribution in [-0.4, -0.2) is 32.4 Å². The SMILES string of the molecule is Nc1ncccc1-c1cn(C2CCNC2=O)nn1. The van der Waals surface area contributed by atoms with Gasteiger partial charge in [-0.1, -0.05) is 5.21 Å². The zero-order chi connectivity index (χ0) is 12.5. The number of nitrogen functional groups attached to an aromatic ring is 1. The first-order valence-electron chi connectivity index (χ1n) is 5.66. The molecule has 1 fully saturated rings. The lowest BCUT2D eigenvalue weighted by atomic mass is 10.2. The highest BCUT2D eigenvalue weighted by molar-refractivity contribution is 5.82. The van der Waals surface area contributed by atoms with E-state index in [2.05, 4.69) is 20.6 Å². The normalized spacial score (nSPS) is 18.9. The topological polar surface area (TPSA) is 98.7 Å². The summed E-state index contributed by atoms with van der Waals surface area (Å²) in [4.78, 5) is 15.5. The molecule has 18 heavy (non-hydrogen) atoms. The third kappa shape index (κ3) is 1.69. The molecular weight excluding hydrogens is 232 g/mol. The molecule has 7 heteroatoms. The number of aromatic nitrogens is 4. The molecule has 0 aromatic carbocycles. The van der Waals surface area contributed by atoms with Crippen LogP contribution in [0.4, 0.5) is 5.82 Å². The van der Waals surface area contributed by atoms with Gasteiger partial charge in [0.25, 0.3) is 0 Å². The second-order valence-corrected chi connectivity index (χ2v) is 4.12. The van der Waals surface area contributed by atoms with E-state index in [1.54, 1.807) is 23.1 Å². The van der Waals surface area contributed by atoms with Crippen molar-refractivity contribution in [2.75, 3.05) is 12.3 Å². The summed E-state index contributed by atoms with van der Waals surface area (Å²) in [5, 5.41) is 10.8. The Balaban J connectivity index is 1.95. The molecule has 0 radical (unpaired) electrons. The van der Waals surface area contributed by atoms with Gasteiger partial charge in [0.2, 0.25) is 5.91 Å². The fourth-order valence-electron chi connectivity index (χ4n) is 2.02. The molecule has 92 valence electrons. The molecule has 0 spiro atoms. The van der Waals surface area contributed by atoms with E-state index in [-0.39, 0.29) is 11.9 Å². The highest BCUT2D eigenvalue weighted by Crippen LogP contribution is 2.23. The Kier molecular flexibility index (Phi) is 2.44. The Morgan fingerprint density at radius 3 is 3.11 bits per heavy atom. The van der Waals surface area contributed by atoms with Gasteiger partial charge in [-0.15, -0.1) is 5.10 Å². The summed E-state index contributed by atoms with van der Waals surface area (Å²) in [5.74, 6) is 0.381. The lowest BCUT2D eigenvalue weighted by Gasteiger charge is -2.04. The summed E-state index contributed by atoms with van der Waals surface area (Å²) in [7, 11) is 0. The smallest absolute Gasteiger partial charge is 0.245 e. The van der Waals surface area contributed by atoms with Crippen LogP contribution in [0, 0.1) is 0 Å². The fraction of sp³-hybridized carbons (Fsp3) is 0.273. The van der Waals surface area contributed by atoms with Crippen molar-refractivity contribution >= 4 is 11.7 Å². The van der Waals surface area contributed by atoms with E-state index >= 15 is 0 Å². The summed E-state index contributed by atoms with van der Waals surface area (Å²) in [6, 6.07) is 3.34. The number of rotatable bonds is 2. The van der Waals surface area contributed by atoms with Gasteiger partial charge in [0, 0.05) is 18.3 Å². The second kappa shape index (κ2) is 4.10. The first kappa shape index (κ1) is 10.7. The second-order valence-electron chi connectivity index (χ2n) is 4.12. The van der Waals surface area contributed by atoms with Crippen molar-refractivity contribution in [2.45, 2.75) is 12.5 Å². The van der Waals surface area contributed by atoms with Crippen LogP contribution in [0.3, 0.4) is 0 Å². The average Bonchev–Trinajstić information content (AvgIpc) is 2.98. The molecule has 1 atom stereocenters. The predicted molar refractivity (Wildman–Crippen MR) is 64.3 cm³/mol. The Morgan fingerprint density at radius 2 is 2.39 bits per heavy atom. The van der Waals surface area contributed by atoms with Crippen molar-refractivity contribution in [2.24, 2.45) is 0 Å². The van der Waals surface area contributed by atoms with Gasteiger partial charge >= 0.3 is 0 Å². The largest absolute Gasteiger partial charge is 0.383 e. The summed E-state index contributed by atoms with van der Waals surface area (Å²) in [6.07, 6.45) is 4.07. The molecular formula is C11H12N6O. The highest BCUT2D eigenvalue weighted by Gasteiger charge is 2.27. The highest BCUT2D eigenvalue weighted by atomic mass is 16.2. The molecule has 2 aromatic heterocycles. The van der Waals surface area contributed by atoms with E-state index < -0.39 is 0 Å². The molecule has 2 aromatic rings. The van der Waals surface area contributed by atoms with Crippen LogP contribution in [0.25, 0.3) is 11.3 Å². The monoisotopic (exact) mass is 244 g/mol.